The minimum Gasteiger partial charge on any atom is -0.399 e. The van der Waals surface area contributed by atoms with Gasteiger partial charge in [-0.1, -0.05) is 11.6 Å². The molecule has 0 saturated carbocycles. The Morgan fingerprint density at radius 3 is 2.36 bits per heavy atom. The van der Waals surface area contributed by atoms with Crippen molar-refractivity contribution in [1.82, 2.24) is 0 Å². The van der Waals surface area contributed by atoms with Crippen molar-refractivity contribution >= 4 is 17.3 Å². The van der Waals surface area contributed by atoms with Gasteiger partial charge in [-0.2, -0.15) is 13.2 Å². The van der Waals surface area contributed by atoms with Gasteiger partial charge in [0.1, 0.15) is 0 Å². The Labute approximate surface area is 84.7 Å². The summed E-state index contributed by atoms with van der Waals surface area (Å²) in [7, 11) is 0. The molecule has 2 N–H and O–H groups in total. The molecule has 5 heteroatoms. The number of benzene rings is 1. The molecule has 0 amide bonds. The van der Waals surface area contributed by atoms with Gasteiger partial charge in [-0.05, 0) is 30.2 Å². The van der Waals surface area contributed by atoms with Gasteiger partial charge in [-0.3, -0.25) is 0 Å². The van der Waals surface area contributed by atoms with E-state index in [0.29, 0.717) is 11.3 Å². The molecule has 0 atom stereocenters. The average molecular weight is 224 g/mol. The van der Waals surface area contributed by atoms with Crippen LogP contribution < -0.4 is 5.73 Å². The second kappa shape index (κ2) is 3.69. The van der Waals surface area contributed by atoms with Crippen LogP contribution in [-0.2, 0) is 6.42 Å². The lowest BCUT2D eigenvalue weighted by Crippen LogP contribution is -2.13. The van der Waals surface area contributed by atoms with E-state index in [2.05, 4.69) is 0 Å². The van der Waals surface area contributed by atoms with Crippen LogP contribution in [0.2, 0.25) is 5.02 Å². The number of hydrogen-bond acceptors (Lipinski definition) is 1. The lowest BCUT2D eigenvalue weighted by atomic mass is 10.0. The van der Waals surface area contributed by atoms with Crippen LogP contribution >= 0.6 is 11.6 Å². The molecular weight excluding hydrogens is 215 g/mol. The first-order valence-electron chi connectivity index (χ1n) is 3.91. The lowest BCUT2D eigenvalue weighted by molar-refractivity contribution is -0.127. The normalized spacial score (nSPS) is 11.8. The summed E-state index contributed by atoms with van der Waals surface area (Å²) in [6.45, 7) is 1.56. The van der Waals surface area contributed by atoms with Crippen molar-refractivity contribution in [3.05, 3.63) is 28.3 Å². The monoisotopic (exact) mass is 223 g/mol. The first-order valence-corrected chi connectivity index (χ1v) is 4.28. The number of aryl methyl sites for hydroxylation is 1. The maximum atomic E-state index is 12.1. The van der Waals surface area contributed by atoms with Crippen LogP contribution in [0, 0.1) is 6.92 Å². The van der Waals surface area contributed by atoms with E-state index in [1.807, 2.05) is 0 Å². The van der Waals surface area contributed by atoms with Crippen molar-refractivity contribution in [2.24, 2.45) is 0 Å². The van der Waals surface area contributed by atoms with Gasteiger partial charge in [0.05, 0.1) is 6.42 Å². The van der Waals surface area contributed by atoms with E-state index in [0.717, 1.165) is 0 Å². The molecule has 0 aromatic heterocycles. The quantitative estimate of drug-likeness (QED) is 0.726. The van der Waals surface area contributed by atoms with Crippen LogP contribution in [0.15, 0.2) is 12.1 Å². The molecule has 0 bridgehead atoms. The highest BCUT2D eigenvalue weighted by Crippen LogP contribution is 2.30. The summed E-state index contributed by atoms with van der Waals surface area (Å²) in [5.41, 5.74) is 6.36. The number of nitrogen functional groups attached to an aromatic ring is 1. The van der Waals surface area contributed by atoms with Crippen LogP contribution in [0.5, 0.6) is 0 Å². The number of alkyl halides is 3. The molecular formula is C9H9ClF3N. The first kappa shape index (κ1) is 11.2. The van der Waals surface area contributed by atoms with Crippen LogP contribution in [0.1, 0.15) is 11.1 Å². The van der Waals surface area contributed by atoms with Crippen LogP contribution in [0.3, 0.4) is 0 Å². The van der Waals surface area contributed by atoms with Crippen molar-refractivity contribution in [3.8, 4) is 0 Å². The molecule has 0 aliphatic carbocycles. The van der Waals surface area contributed by atoms with Gasteiger partial charge in [0.2, 0.25) is 0 Å². The predicted octanol–water partition coefficient (Wildman–Crippen LogP) is 3.34. The van der Waals surface area contributed by atoms with E-state index in [1.165, 1.54) is 12.1 Å². The van der Waals surface area contributed by atoms with E-state index in [-0.39, 0.29) is 10.6 Å². The van der Waals surface area contributed by atoms with Crippen molar-refractivity contribution in [2.45, 2.75) is 19.5 Å². The summed E-state index contributed by atoms with van der Waals surface area (Å²) in [6.07, 6.45) is -5.26. The molecule has 0 spiro atoms. The van der Waals surface area contributed by atoms with Crippen LogP contribution in [-0.4, -0.2) is 6.18 Å². The molecule has 0 saturated heterocycles. The zero-order chi connectivity index (χ0) is 10.9. The molecule has 1 aromatic rings. The highest BCUT2D eigenvalue weighted by molar-refractivity contribution is 6.31. The molecule has 1 nitrogen and oxygen atoms in total. The number of hydrogen-bond donors (Lipinski definition) is 1. The zero-order valence-corrected chi connectivity index (χ0v) is 8.21. The third kappa shape index (κ3) is 2.80. The van der Waals surface area contributed by atoms with Crippen molar-refractivity contribution in [3.63, 3.8) is 0 Å². The Hall–Kier alpha value is -0.900. The Morgan fingerprint density at radius 1 is 1.36 bits per heavy atom. The highest BCUT2D eigenvalue weighted by atomic mass is 35.5. The molecule has 78 valence electrons. The molecule has 0 aliphatic rings. The summed E-state index contributed by atoms with van der Waals surface area (Å²) in [5, 5.41) is 0.0693. The molecule has 14 heavy (non-hydrogen) atoms. The molecule has 0 aliphatic heterocycles. The molecule has 0 fully saturated rings. The highest BCUT2D eigenvalue weighted by Gasteiger charge is 2.29. The fourth-order valence-electron chi connectivity index (χ4n) is 1.22. The summed E-state index contributed by atoms with van der Waals surface area (Å²) in [5.74, 6) is 0. The maximum Gasteiger partial charge on any atom is 0.393 e. The third-order valence-corrected chi connectivity index (χ3v) is 2.16. The van der Waals surface area contributed by atoms with Gasteiger partial charge in [-0.25, -0.2) is 0 Å². The number of nitrogens with two attached hydrogens (primary N) is 1. The smallest absolute Gasteiger partial charge is 0.393 e. The molecule has 1 aromatic carbocycles. The Balaban J connectivity index is 3.09. The van der Waals surface area contributed by atoms with E-state index >= 15 is 0 Å². The van der Waals surface area contributed by atoms with Crippen molar-refractivity contribution in [2.75, 3.05) is 5.73 Å². The largest absolute Gasteiger partial charge is 0.399 e. The first-order chi connectivity index (χ1) is 6.29. The standard InChI is InChI=1S/C9H9ClF3N/c1-5-2-6(14)3-8(10)7(5)4-9(11,12)13/h2-3H,4,14H2,1H3. The van der Waals surface area contributed by atoms with Gasteiger partial charge < -0.3 is 5.73 Å². The van der Waals surface area contributed by atoms with Crippen molar-refractivity contribution in [1.29, 1.82) is 0 Å². The summed E-state index contributed by atoms with van der Waals surface area (Å²) < 4.78 is 36.3. The van der Waals surface area contributed by atoms with Gasteiger partial charge in [0.15, 0.2) is 0 Å². The van der Waals surface area contributed by atoms with E-state index < -0.39 is 12.6 Å². The topological polar surface area (TPSA) is 26.0 Å². The number of anilines is 1. The predicted molar refractivity (Wildman–Crippen MR) is 50.4 cm³/mol. The van der Waals surface area contributed by atoms with Crippen LogP contribution in [0.4, 0.5) is 18.9 Å². The molecule has 0 unspecified atom stereocenters. The van der Waals surface area contributed by atoms with E-state index in [9.17, 15) is 13.2 Å². The third-order valence-electron chi connectivity index (χ3n) is 1.82. The summed E-state index contributed by atoms with van der Waals surface area (Å²) >= 11 is 5.66. The fourth-order valence-corrected chi connectivity index (χ4v) is 1.57. The van der Waals surface area contributed by atoms with Gasteiger partial charge in [0, 0.05) is 10.7 Å². The van der Waals surface area contributed by atoms with Crippen LogP contribution in [0.25, 0.3) is 0 Å². The SMILES string of the molecule is Cc1cc(N)cc(Cl)c1CC(F)(F)F. The Bertz CT molecular complexity index is 323. The lowest BCUT2D eigenvalue weighted by Gasteiger charge is -2.11. The Kier molecular flexibility index (Phi) is 2.95. The van der Waals surface area contributed by atoms with E-state index in [4.69, 9.17) is 17.3 Å². The minimum atomic E-state index is -4.25. The number of rotatable bonds is 1. The second-order valence-electron chi connectivity index (χ2n) is 3.09. The number of halogens is 4. The zero-order valence-electron chi connectivity index (χ0n) is 7.45. The van der Waals surface area contributed by atoms with E-state index in [1.54, 1.807) is 6.92 Å². The van der Waals surface area contributed by atoms with Gasteiger partial charge in [-0.15, -0.1) is 0 Å². The molecule has 0 heterocycles. The maximum absolute atomic E-state index is 12.1. The molecule has 0 radical (unpaired) electrons. The average Bonchev–Trinajstić information content (AvgIpc) is 1.95. The molecule has 1 rings (SSSR count). The second-order valence-corrected chi connectivity index (χ2v) is 3.50. The fraction of sp³-hybridized carbons (Fsp3) is 0.333. The minimum absolute atomic E-state index is 0.0693. The van der Waals surface area contributed by atoms with Crippen molar-refractivity contribution < 1.29 is 13.2 Å². The summed E-state index contributed by atoms with van der Waals surface area (Å²) in [4.78, 5) is 0. The van der Waals surface area contributed by atoms with Gasteiger partial charge >= 0.3 is 6.18 Å². The Morgan fingerprint density at radius 2 is 1.93 bits per heavy atom. The summed E-state index contributed by atoms with van der Waals surface area (Å²) in [6, 6.07) is 2.81. The van der Waals surface area contributed by atoms with Gasteiger partial charge in [0.25, 0.3) is 0 Å².